The summed E-state index contributed by atoms with van der Waals surface area (Å²) in [6, 6.07) is 8.83. The van der Waals surface area contributed by atoms with E-state index < -0.39 is 0 Å². The number of likely N-dealkylation sites (N-methyl/N-ethyl adjacent to an activating group) is 1. The molecule has 1 N–H and O–H groups in total. The molecule has 2 heteroatoms. The molecule has 1 atom stereocenters. The van der Waals surface area contributed by atoms with Crippen molar-refractivity contribution >= 4 is 10.9 Å². The smallest absolute Gasteiger partial charge is 0.0456 e. The number of rotatable bonds is 1. The Morgan fingerprint density at radius 2 is 2.25 bits per heavy atom. The van der Waals surface area contributed by atoms with Crippen molar-refractivity contribution in [3.8, 4) is 0 Å². The minimum Gasteiger partial charge on any atom is -0.361 e. The van der Waals surface area contributed by atoms with Crippen molar-refractivity contribution in [2.24, 2.45) is 0 Å². The summed E-state index contributed by atoms with van der Waals surface area (Å²) in [5.74, 6) is 0.707. The van der Waals surface area contributed by atoms with E-state index in [0.717, 1.165) is 0 Å². The Morgan fingerprint density at radius 1 is 1.31 bits per heavy atom. The van der Waals surface area contributed by atoms with Gasteiger partial charge in [-0.05, 0) is 50.0 Å². The number of likely N-dealkylation sites (tertiary alicyclic amines) is 1. The number of hydrogen-bond donors (Lipinski definition) is 1. The molecule has 1 fully saturated rings. The number of piperidine rings is 1. The largest absolute Gasteiger partial charge is 0.361 e. The van der Waals surface area contributed by atoms with Gasteiger partial charge < -0.3 is 9.88 Å². The minimum absolute atomic E-state index is 0.707. The van der Waals surface area contributed by atoms with Crippen molar-refractivity contribution in [1.82, 2.24) is 9.88 Å². The van der Waals surface area contributed by atoms with Gasteiger partial charge in [-0.15, -0.1) is 0 Å². The number of fused-ring (bicyclic) bond motifs is 1. The summed E-state index contributed by atoms with van der Waals surface area (Å²) in [7, 11) is 2.23. The predicted molar refractivity (Wildman–Crippen MR) is 67.8 cm³/mol. The van der Waals surface area contributed by atoms with Gasteiger partial charge in [0.05, 0.1) is 0 Å². The van der Waals surface area contributed by atoms with Crippen molar-refractivity contribution in [3.63, 3.8) is 0 Å². The first-order chi connectivity index (χ1) is 7.84. The molecule has 0 amide bonds. The van der Waals surface area contributed by atoms with Crippen LogP contribution in [0.3, 0.4) is 0 Å². The van der Waals surface area contributed by atoms with E-state index in [1.54, 1.807) is 0 Å². The van der Waals surface area contributed by atoms with Gasteiger partial charge in [0.25, 0.3) is 0 Å². The highest BCUT2D eigenvalue weighted by molar-refractivity contribution is 5.83. The van der Waals surface area contributed by atoms with E-state index in [1.165, 1.54) is 42.4 Å². The van der Waals surface area contributed by atoms with E-state index >= 15 is 0 Å². The molecule has 1 aliphatic heterocycles. The highest BCUT2D eigenvalue weighted by atomic mass is 15.1. The number of aromatic amines is 1. The second-order valence-corrected chi connectivity index (χ2v) is 4.89. The van der Waals surface area contributed by atoms with E-state index in [2.05, 4.69) is 41.2 Å². The molecule has 3 rings (SSSR count). The van der Waals surface area contributed by atoms with Crippen molar-refractivity contribution in [1.29, 1.82) is 0 Å². The Kier molecular flexibility index (Phi) is 2.44. The molecule has 0 bridgehead atoms. The maximum Gasteiger partial charge on any atom is 0.0456 e. The van der Waals surface area contributed by atoms with Gasteiger partial charge in [0.15, 0.2) is 0 Å². The summed E-state index contributed by atoms with van der Waals surface area (Å²) in [5.41, 5.74) is 2.79. The first-order valence-corrected chi connectivity index (χ1v) is 6.09. The minimum atomic E-state index is 0.707. The zero-order valence-corrected chi connectivity index (χ0v) is 9.74. The lowest BCUT2D eigenvalue weighted by atomic mass is 9.89. The third kappa shape index (κ3) is 1.63. The van der Waals surface area contributed by atoms with Crippen LogP contribution in [0.4, 0.5) is 0 Å². The molecule has 1 aromatic heterocycles. The highest BCUT2D eigenvalue weighted by Crippen LogP contribution is 2.31. The normalized spacial score (nSPS) is 22.7. The second kappa shape index (κ2) is 3.95. The fourth-order valence-corrected chi connectivity index (χ4v) is 2.89. The number of nitrogens with one attached hydrogen (secondary N) is 1. The topological polar surface area (TPSA) is 19.0 Å². The van der Waals surface area contributed by atoms with Crippen molar-refractivity contribution in [2.75, 3.05) is 20.1 Å². The van der Waals surface area contributed by atoms with Gasteiger partial charge in [-0.3, -0.25) is 0 Å². The van der Waals surface area contributed by atoms with Crippen molar-refractivity contribution < 1.29 is 0 Å². The molecule has 84 valence electrons. The van der Waals surface area contributed by atoms with Crippen molar-refractivity contribution in [2.45, 2.75) is 18.8 Å². The van der Waals surface area contributed by atoms with Gasteiger partial charge >= 0.3 is 0 Å². The maximum absolute atomic E-state index is 3.30. The van der Waals surface area contributed by atoms with Crippen LogP contribution in [-0.2, 0) is 0 Å². The molecule has 0 saturated carbocycles. The molecule has 1 aromatic carbocycles. The first-order valence-electron chi connectivity index (χ1n) is 6.09. The molecule has 1 unspecified atom stereocenters. The summed E-state index contributed by atoms with van der Waals surface area (Å²) in [6.45, 7) is 2.45. The predicted octanol–water partition coefficient (Wildman–Crippen LogP) is 2.98. The fourth-order valence-electron chi connectivity index (χ4n) is 2.89. The molecule has 0 aliphatic carbocycles. The van der Waals surface area contributed by atoms with Gasteiger partial charge in [0.2, 0.25) is 0 Å². The first kappa shape index (κ1) is 9.91. The summed E-state index contributed by atoms with van der Waals surface area (Å²) < 4.78 is 0. The molecule has 1 saturated heterocycles. The van der Waals surface area contributed by atoms with E-state index in [1.807, 2.05) is 6.20 Å². The maximum atomic E-state index is 3.30. The highest BCUT2D eigenvalue weighted by Gasteiger charge is 2.20. The Balaban J connectivity index is 2.01. The van der Waals surface area contributed by atoms with E-state index in [9.17, 15) is 0 Å². The van der Waals surface area contributed by atoms with Crippen LogP contribution in [-0.4, -0.2) is 30.0 Å². The number of H-pyrrole nitrogens is 1. The molecule has 2 nitrogen and oxygen atoms in total. The Bertz CT molecular complexity index is 486. The Labute approximate surface area is 96.3 Å². The van der Waals surface area contributed by atoms with E-state index in [0.29, 0.717) is 5.92 Å². The molecule has 2 heterocycles. The third-order valence-corrected chi connectivity index (χ3v) is 3.69. The average Bonchev–Trinajstić information content (AvgIpc) is 2.76. The molecule has 2 aromatic rings. The van der Waals surface area contributed by atoms with Gasteiger partial charge in [-0.25, -0.2) is 0 Å². The van der Waals surface area contributed by atoms with Gasteiger partial charge in [-0.1, -0.05) is 12.1 Å². The van der Waals surface area contributed by atoms with E-state index in [4.69, 9.17) is 0 Å². The van der Waals surface area contributed by atoms with Crippen LogP contribution in [0.1, 0.15) is 24.3 Å². The standard InChI is InChI=1S/C14H18N2/c1-16-9-3-4-11(10-16)12-5-2-6-14-13(12)7-8-15-14/h2,5-8,11,15H,3-4,9-10H2,1H3. The van der Waals surface area contributed by atoms with Crippen LogP contribution in [0.2, 0.25) is 0 Å². The molecule has 1 aliphatic rings. The number of hydrogen-bond acceptors (Lipinski definition) is 1. The summed E-state index contributed by atoms with van der Waals surface area (Å²) in [5, 5.41) is 1.41. The molecule has 16 heavy (non-hydrogen) atoms. The summed E-state index contributed by atoms with van der Waals surface area (Å²) >= 11 is 0. The monoisotopic (exact) mass is 214 g/mol. The molecule has 0 radical (unpaired) electrons. The van der Waals surface area contributed by atoms with Crippen LogP contribution in [0.5, 0.6) is 0 Å². The quantitative estimate of drug-likeness (QED) is 0.773. The zero-order valence-electron chi connectivity index (χ0n) is 9.74. The van der Waals surface area contributed by atoms with E-state index in [-0.39, 0.29) is 0 Å². The summed E-state index contributed by atoms with van der Waals surface area (Å²) in [4.78, 5) is 5.74. The molecule has 0 spiro atoms. The second-order valence-electron chi connectivity index (χ2n) is 4.89. The lowest BCUT2D eigenvalue weighted by Gasteiger charge is -2.30. The Morgan fingerprint density at radius 3 is 3.12 bits per heavy atom. The van der Waals surface area contributed by atoms with Crippen LogP contribution in [0.25, 0.3) is 10.9 Å². The average molecular weight is 214 g/mol. The molecular weight excluding hydrogens is 196 g/mol. The summed E-state index contributed by atoms with van der Waals surface area (Å²) in [6.07, 6.45) is 4.69. The lowest BCUT2D eigenvalue weighted by molar-refractivity contribution is 0.251. The fraction of sp³-hybridized carbons (Fsp3) is 0.429. The van der Waals surface area contributed by atoms with Gasteiger partial charge in [0, 0.05) is 23.6 Å². The number of benzene rings is 1. The lowest BCUT2D eigenvalue weighted by Crippen LogP contribution is -2.30. The van der Waals surface area contributed by atoms with Crippen LogP contribution in [0, 0.1) is 0 Å². The third-order valence-electron chi connectivity index (χ3n) is 3.69. The van der Waals surface area contributed by atoms with Gasteiger partial charge in [0.1, 0.15) is 0 Å². The Hall–Kier alpha value is -1.28. The zero-order chi connectivity index (χ0) is 11.0. The number of aromatic nitrogens is 1. The van der Waals surface area contributed by atoms with Crippen LogP contribution in [0.15, 0.2) is 30.5 Å². The SMILES string of the molecule is CN1CCCC(c2cccc3[nH]ccc23)C1. The van der Waals surface area contributed by atoms with Crippen molar-refractivity contribution in [3.05, 3.63) is 36.0 Å². The van der Waals surface area contributed by atoms with Crippen LogP contribution >= 0.6 is 0 Å². The number of nitrogens with zero attached hydrogens (tertiary/aromatic N) is 1. The molecular formula is C14H18N2. The van der Waals surface area contributed by atoms with Gasteiger partial charge in [-0.2, -0.15) is 0 Å². The van der Waals surface area contributed by atoms with Crippen LogP contribution < -0.4 is 0 Å².